The van der Waals surface area contributed by atoms with Gasteiger partial charge in [0, 0.05) is 61.1 Å². The summed E-state index contributed by atoms with van der Waals surface area (Å²) in [7, 11) is 0. The second kappa shape index (κ2) is 14.6. The smallest absolute Gasteiger partial charge is 0.248 e. The Hall–Kier alpha value is -3.68. The van der Waals surface area contributed by atoms with E-state index < -0.39 is 5.60 Å². The summed E-state index contributed by atoms with van der Waals surface area (Å²) < 4.78 is 11.4. The monoisotopic (exact) mass is 631 g/mol. The van der Waals surface area contributed by atoms with Gasteiger partial charge >= 0.3 is 0 Å². The summed E-state index contributed by atoms with van der Waals surface area (Å²) in [5.41, 5.74) is 4.08. The highest BCUT2D eigenvalue weighted by Gasteiger charge is 2.26. The minimum Gasteiger partial charge on any atom is -0.492 e. The maximum atomic E-state index is 13.0. The highest BCUT2D eigenvalue weighted by molar-refractivity contribution is 6.31. The molecule has 3 aromatic rings. The van der Waals surface area contributed by atoms with Gasteiger partial charge in [-0.15, -0.1) is 0 Å². The number of rotatable bonds is 10. The van der Waals surface area contributed by atoms with Crippen molar-refractivity contribution in [1.29, 1.82) is 5.26 Å². The number of nitrogens with zero attached hydrogens (tertiary/aromatic N) is 3. The zero-order valence-electron chi connectivity index (χ0n) is 26.3. The molecule has 0 unspecified atom stereocenters. The Kier molecular flexibility index (Phi) is 10.6. The SMILES string of the molecule is CCOc1cc2nc(CC)c(C#N)c(Nc3ccc(C4CCOCC4)c(Cl)c3)c2cc1NC(=O)/C=C/CN1CCC(C)(O)CC1. The van der Waals surface area contributed by atoms with Crippen LogP contribution >= 0.6 is 11.6 Å². The molecule has 238 valence electrons. The van der Waals surface area contributed by atoms with Gasteiger partial charge in [0.1, 0.15) is 11.8 Å². The van der Waals surface area contributed by atoms with E-state index in [0.29, 0.717) is 82.6 Å². The van der Waals surface area contributed by atoms with Crippen molar-refractivity contribution < 1.29 is 19.4 Å². The molecular formula is C35H42ClN5O4. The average Bonchev–Trinajstić information content (AvgIpc) is 3.02. The van der Waals surface area contributed by atoms with Crippen LogP contribution in [-0.2, 0) is 16.0 Å². The van der Waals surface area contributed by atoms with Gasteiger partial charge in [-0.3, -0.25) is 14.7 Å². The summed E-state index contributed by atoms with van der Waals surface area (Å²) >= 11 is 6.78. The van der Waals surface area contributed by atoms with E-state index in [1.54, 1.807) is 0 Å². The van der Waals surface area contributed by atoms with Crippen molar-refractivity contribution in [2.24, 2.45) is 0 Å². The lowest BCUT2D eigenvalue weighted by Crippen LogP contribution is -2.42. The lowest BCUT2D eigenvalue weighted by atomic mass is 9.91. The molecule has 0 atom stereocenters. The second-order valence-corrected chi connectivity index (χ2v) is 12.4. The van der Waals surface area contributed by atoms with Crippen LogP contribution in [0.25, 0.3) is 10.9 Å². The van der Waals surface area contributed by atoms with Gasteiger partial charge in [-0.2, -0.15) is 5.26 Å². The molecular weight excluding hydrogens is 590 g/mol. The Morgan fingerprint density at radius 2 is 2.00 bits per heavy atom. The molecule has 9 nitrogen and oxygen atoms in total. The van der Waals surface area contributed by atoms with Crippen LogP contribution in [0.15, 0.2) is 42.5 Å². The first-order valence-corrected chi connectivity index (χ1v) is 16.2. The first kappa shape index (κ1) is 32.7. The third-order valence-electron chi connectivity index (χ3n) is 8.66. The molecule has 2 saturated heterocycles. The standard InChI is InChI=1S/C35H42ClN5O4/c1-4-29-27(22-37)34(38-24-8-9-25(28(36)19-24)23-10-17-44-18-11-23)26-20-31(32(45-5-2)21-30(26)39-29)40-33(42)7-6-14-41-15-12-35(3,43)13-16-41/h6-9,19-21,23,43H,4-5,10-18H2,1-3H3,(H,38,39)(H,40,42)/b7-6+. The fourth-order valence-corrected chi connectivity index (χ4v) is 6.35. The van der Waals surface area contributed by atoms with Gasteiger partial charge in [0.25, 0.3) is 0 Å². The van der Waals surface area contributed by atoms with Crippen LogP contribution in [0.1, 0.15) is 69.2 Å². The van der Waals surface area contributed by atoms with E-state index in [4.69, 9.17) is 26.1 Å². The number of pyridine rings is 1. The number of aromatic nitrogens is 1. The fourth-order valence-electron chi connectivity index (χ4n) is 6.01. The van der Waals surface area contributed by atoms with Crippen LogP contribution < -0.4 is 15.4 Å². The molecule has 1 aromatic heterocycles. The number of benzene rings is 2. The van der Waals surface area contributed by atoms with Gasteiger partial charge in [0.2, 0.25) is 5.91 Å². The number of carbonyl (C=O) groups excluding carboxylic acids is 1. The maximum Gasteiger partial charge on any atom is 0.248 e. The molecule has 2 aliphatic rings. The number of fused-ring (bicyclic) bond motifs is 1. The molecule has 2 aliphatic heterocycles. The second-order valence-electron chi connectivity index (χ2n) is 12.0. The Morgan fingerprint density at radius 3 is 2.67 bits per heavy atom. The van der Waals surface area contributed by atoms with Crippen molar-refractivity contribution >= 4 is 45.5 Å². The van der Waals surface area contributed by atoms with Gasteiger partial charge in [-0.05, 0) is 75.6 Å². The predicted molar refractivity (Wildman–Crippen MR) is 179 cm³/mol. The van der Waals surface area contributed by atoms with Crippen molar-refractivity contribution in [2.45, 2.75) is 64.4 Å². The van der Waals surface area contributed by atoms with Crippen LogP contribution in [0, 0.1) is 11.3 Å². The van der Waals surface area contributed by atoms with Crippen molar-refractivity contribution in [1.82, 2.24) is 9.88 Å². The number of halogens is 1. The van der Waals surface area contributed by atoms with Gasteiger partial charge in [-0.1, -0.05) is 30.7 Å². The van der Waals surface area contributed by atoms with Gasteiger partial charge in [0.05, 0.1) is 40.4 Å². The minimum absolute atomic E-state index is 0.289. The molecule has 2 aromatic carbocycles. The molecule has 0 aliphatic carbocycles. The van der Waals surface area contributed by atoms with Crippen LogP contribution in [-0.4, -0.2) is 66.0 Å². The number of aryl methyl sites for hydroxylation is 1. The number of likely N-dealkylation sites (tertiary alicyclic amines) is 1. The minimum atomic E-state index is -0.615. The number of anilines is 3. The highest BCUT2D eigenvalue weighted by atomic mass is 35.5. The van der Waals surface area contributed by atoms with Crippen molar-refractivity contribution in [3.05, 3.63) is 64.3 Å². The molecule has 0 radical (unpaired) electrons. The summed E-state index contributed by atoms with van der Waals surface area (Å²) in [6, 6.07) is 11.9. The zero-order chi connectivity index (χ0) is 32.0. The Bertz CT molecular complexity index is 1600. The van der Waals surface area contributed by atoms with E-state index in [1.807, 2.05) is 57.2 Å². The molecule has 0 saturated carbocycles. The Labute approximate surface area is 270 Å². The molecule has 1 amide bonds. The zero-order valence-corrected chi connectivity index (χ0v) is 27.0. The first-order chi connectivity index (χ1) is 21.7. The summed E-state index contributed by atoms with van der Waals surface area (Å²) in [6.45, 7) is 9.78. The molecule has 3 N–H and O–H groups in total. The quantitative estimate of drug-likeness (QED) is 0.212. The molecule has 45 heavy (non-hydrogen) atoms. The number of ether oxygens (including phenoxy) is 2. The number of nitrogens with one attached hydrogen (secondary N) is 2. The lowest BCUT2D eigenvalue weighted by molar-refractivity contribution is -0.112. The third-order valence-corrected chi connectivity index (χ3v) is 8.99. The highest BCUT2D eigenvalue weighted by Crippen LogP contribution is 2.39. The fraction of sp³-hybridized carbons (Fsp3) is 0.457. The molecule has 0 spiro atoms. The molecule has 0 bridgehead atoms. The third kappa shape index (κ3) is 7.95. The van der Waals surface area contributed by atoms with Crippen LogP contribution in [0.2, 0.25) is 5.02 Å². The van der Waals surface area contributed by atoms with Crippen LogP contribution in [0.4, 0.5) is 17.1 Å². The van der Waals surface area contributed by atoms with Crippen LogP contribution in [0.3, 0.4) is 0 Å². The van der Waals surface area contributed by atoms with E-state index in [-0.39, 0.29) is 5.91 Å². The summed E-state index contributed by atoms with van der Waals surface area (Å²) in [6.07, 6.45) is 7.22. The first-order valence-electron chi connectivity index (χ1n) is 15.8. The predicted octanol–water partition coefficient (Wildman–Crippen LogP) is 6.70. The maximum absolute atomic E-state index is 13.0. The Balaban J connectivity index is 1.44. The number of hydrogen-bond acceptors (Lipinski definition) is 8. The van der Waals surface area contributed by atoms with Gasteiger partial charge in [-0.25, -0.2) is 0 Å². The van der Waals surface area contributed by atoms with Crippen molar-refractivity contribution in [2.75, 3.05) is 50.1 Å². The van der Waals surface area contributed by atoms with Gasteiger partial charge < -0.3 is 25.2 Å². The number of nitriles is 1. The molecule has 5 rings (SSSR count). The van der Waals surface area contributed by atoms with Gasteiger partial charge in [0.15, 0.2) is 0 Å². The average molecular weight is 632 g/mol. The van der Waals surface area contributed by atoms with E-state index >= 15 is 0 Å². The van der Waals surface area contributed by atoms with E-state index in [1.165, 1.54) is 6.08 Å². The lowest BCUT2D eigenvalue weighted by Gasteiger charge is -2.35. The van der Waals surface area contributed by atoms with E-state index in [9.17, 15) is 15.2 Å². The van der Waals surface area contributed by atoms with E-state index in [2.05, 4.69) is 21.6 Å². The Morgan fingerprint density at radius 1 is 1.24 bits per heavy atom. The summed E-state index contributed by atoms with van der Waals surface area (Å²) in [4.78, 5) is 20.0. The van der Waals surface area contributed by atoms with E-state index in [0.717, 1.165) is 50.4 Å². The molecule has 10 heteroatoms. The molecule has 3 heterocycles. The number of piperidine rings is 1. The number of amides is 1. The molecule has 2 fully saturated rings. The largest absolute Gasteiger partial charge is 0.492 e. The van der Waals surface area contributed by atoms with Crippen LogP contribution in [0.5, 0.6) is 5.75 Å². The summed E-state index contributed by atoms with van der Waals surface area (Å²) in [5.74, 6) is 0.568. The number of aliphatic hydroxyl groups is 1. The topological polar surface area (TPSA) is 120 Å². The van der Waals surface area contributed by atoms with Crippen molar-refractivity contribution in [3.8, 4) is 11.8 Å². The summed E-state index contributed by atoms with van der Waals surface area (Å²) in [5, 5.41) is 28.2. The normalized spacial score (nSPS) is 17.3. The number of hydrogen-bond donors (Lipinski definition) is 3. The van der Waals surface area contributed by atoms with Crippen molar-refractivity contribution in [3.63, 3.8) is 0 Å². The number of carbonyl (C=O) groups is 1.